The molecule has 110 valence electrons. The van der Waals surface area contributed by atoms with E-state index in [0.29, 0.717) is 16.3 Å². The van der Waals surface area contributed by atoms with Crippen molar-refractivity contribution in [2.75, 3.05) is 5.75 Å². The predicted molar refractivity (Wildman–Crippen MR) is 85.6 cm³/mol. The lowest BCUT2D eigenvalue weighted by atomic mass is 9.97. The number of fused-ring (bicyclic) bond motifs is 1. The van der Waals surface area contributed by atoms with Crippen molar-refractivity contribution in [1.29, 1.82) is 5.26 Å². The number of ketones is 1. The minimum atomic E-state index is 0.0825. The van der Waals surface area contributed by atoms with Crippen molar-refractivity contribution in [2.45, 2.75) is 31.2 Å². The summed E-state index contributed by atoms with van der Waals surface area (Å²) in [7, 11) is 0. The summed E-state index contributed by atoms with van der Waals surface area (Å²) in [6, 6.07) is 6.14. The monoisotopic (exact) mass is 309 g/mol. The Morgan fingerprint density at radius 2 is 2.32 bits per heavy atom. The Bertz CT molecular complexity index is 766. The second-order valence-electron chi connectivity index (χ2n) is 5.29. The fourth-order valence-corrected chi connectivity index (χ4v) is 3.57. The summed E-state index contributed by atoms with van der Waals surface area (Å²) in [5.74, 6) is 0.423. The number of hydrogen-bond donors (Lipinski definition) is 0. The zero-order valence-electron chi connectivity index (χ0n) is 12.3. The lowest BCUT2D eigenvalue weighted by Gasteiger charge is -2.13. The van der Waals surface area contributed by atoms with Gasteiger partial charge in [-0.05, 0) is 37.8 Å². The molecule has 0 fully saturated rings. The average Bonchev–Trinajstić information content (AvgIpc) is 3.00. The summed E-state index contributed by atoms with van der Waals surface area (Å²) in [4.78, 5) is 20.1. The van der Waals surface area contributed by atoms with Gasteiger partial charge in [-0.1, -0.05) is 17.8 Å². The number of thioether (sulfide) groups is 1. The van der Waals surface area contributed by atoms with Crippen LogP contribution < -0.4 is 0 Å². The van der Waals surface area contributed by atoms with Crippen molar-refractivity contribution in [2.24, 2.45) is 0 Å². The van der Waals surface area contributed by atoms with Crippen LogP contribution in [0.5, 0.6) is 0 Å². The van der Waals surface area contributed by atoms with Gasteiger partial charge in [0.2, 0.25) is 0 Å². The zero-order valence-corrected chi connectivity index (χ0v) is 13.1. The summed E-state index contributed by atoms with van der Waals surface area (Å²) < 4.78 is 0. The Balaban J connectivity index is 2.18. The number of aryl methyl sites for hydroxylation is 1. The molecule has 4 nitrogen and oxygen atoms in total. The van der Waals surface area contributed by atoms with E-state index < -0.39 is 0 Å². The Morgan fingerprint density at radius 1 is 1.45 bits per heavy atom. The van der Waals surface area contributed by atoms with Gasteiger partial charge >= 0.3 is 0 Å². The minimum absolute atomic E-state index is 0.0825. The molecule has 1 aliphatic carbocycles. The van der Waals surface area contributed by atoms with Crippen LogP contribution in [-0.2, 0) is 17.6 Å². The zero-order chi connectivity index (χ0) is 15.5. The largest absolute Gasteiger partial charge is 0.299 e. The number of Topliss-reactive ketones (excluding diaryl/α,β-unsaturated/α-hetero) is 1. The van der Waals surface area contributed by atoms with E-state index in [0.717, 1.165) is 41.6 Å². The summed E-state index contributed by atoms with van der Waals surface area (Å²) in [5.41, 5.74) is 4.69. The molecule has 0 N–H and O–H groups in total. The topological polar surface area (TPSA) is 66.6 Å². The van der Waals surface area contributed by atoms with E-state index in [4.69, 9.17) is 0 Å². The van der Waals surface area contributed by atoms with Crippen molar-refractivity contribution in [1.82, 2.24) is 9.97 Å². The highest BCUT2D eigenvalue weighted by Gasteiger charge is 2.24. The first kappa shape index (κ1) is 14.7. The normalized spacial score (nSPS) is 12.7. The van der Waals surface area contributed by atoms with E-state index in [9.17, 15) is 10.1 Å². The summed E-state index contributed by atoms with van der Waals surface area (Å²) >= 11 is 1.35. The number of aromatic nitrogens is 2. The molecule has 0 unspecified atom stereocenters. The average molecular weight is 309 g/mol. The Kier molecular flexibility index (Phi) is 4.21. The fourth-order valence-electron chi connectivity index (χ4n) is 2.76. The maximum absolute atomic E-state index is 11.3. The maximum atomic E-state index is 11.3. The van der Waals surface area contributed by atoms with Gasteiger partial charge in [0.1, 0.15) is 16.9 Å². The highest BCUT2D eigenvalue weighted by atomic mass is 32.2. The highest BCUT2D eigenvalue weighted by molar-refractivity contribution is 8.00. The van der Waals surface area contributed by atoms with Gasteiger partial charge in [0, 0.05) is 29.2 Å². The third-order valence-corrected chi connectivity index (χ3v) is 4.78. The van der Waals surface area contributed by atoms with Crippen LogP contribution in [0.3, 0.4) is 0 Å². The fraction of sp³-hybridized carbons (Fsp3) is 0.294. The highest BCUT2D eigenvalue weighted by Crippen LogP contribution is 2.38. The predicted octanol–water partition coefficient (Wildman–Crippen LogP) is 3.19. The molecule has 22 heavy (non-hydrogen) atoms. The molecular formula is C17H15N3OS. The summed E-state index contributed by atoms with van der Waals surface area (Å²) in [6.07, 6.45) is 6.44. The van der Waals surface area contributed by atoms with Gasteiger partial charge in [-0.2, -0.15) is 5.26 Å². The first-order valence-corrected chi connectivity index (χ1v) is 8.17. The molecule has 0 saturated carbocycles. The van der Waals surface area contributed by atoms with E-state index >= 15 is 0 Å². The quantitative estimate of drug-likeness (QED) is 0.811. The minimum Gasteiger partial charge on any atom is -0.299 e. The van der Waals surface area contributed by atoms with Crippen LogP contribution in [-0.4, -0.2) is 21.5 Å². The lowest BCUT2D eigenvalue weighted by molar-refractivity contribution is -0.114. The van der Waals surface area contributed by atoms with Crippen LogP contribution in [0.25, 0.3) is 11.1 Å². The second-order valence-corrected chi connectivity index (χ2v) is 6.25. The van der Waals surface area contributed by atoms with Crippen LogP contribution >= 0.6 is 11.8 Å². The molecular weight excluding hydrogens is 294 g/mol. The Labute approximate surface area is 133 Å². The van der Waals surface area contributed by atoms with E-state index in [-0.39, 0.29) is 5.78 Å². The number of rotatable bonds is 4. The first-order valence-electron chi connectivity index (χ1n) is 7.19. The van der Waals surface area contributed by atoms with Gasteiger partial charge in [0.05, 0.1) is 11.3 Å². The van der Waals surface area contributed by atoms with Crippen molar-refractivity contribution in [3.63, 3.8) is 0 Å². The van der Waals surface area contributed by atoms with Gasteiger partial charge in [0.25, 0.3) is 0 Å². The number of nitriles is 1. The first-order chi connectivity index (χ1) is 10.7. The number of carbonyl (C=O) groups is 1. The van der Waals surface area contributed by atoms with Crippen molar-refractivity contribution in [3.05, 3.63) is 41.3 Å². The molecule has 0 aliphatic heterocycles. The van der Waals surface area contributed by atoms with E-state index in [1.54, 1.807) is 19.3 Å². The molecule has 0 amide bonds. The third-order valence-electron chi connectivity index (χ3n) is 3.67. The molecule has 2 heterocycles. The van der Waals surface area contributed by atoms with Crippen LogP contribution in [0, 0.1) is 11.3 Å². The molecule has 3 rings (SSSR count). The van der Waals surface area contributed by atoms with Crippen molar-refractivity contribution < 1.29 is 4.79 Å². The molecule has 0 atom stereocenters. The molecule has 5 heteroatoms. The molecule has 0 bridgehead atoms. The SMILES string of the molecule is CC(=O)CSc1nc2c(c(-c3cccnc3)c1C#N)CCC2. The van der Waals surface area contributed by atoms with Gasteiger partial charge in [-0.15, -0.1) is 0 Å². The third kappa shape index (κ3) is 2.75. The smallest absolute Gasteiger partial charge is 0.140 e. The van der Waals surface area contributed by atoms with Gasteiger partial charge in [0.15, 0.2) is 0 Å². The van der Waals surface area contributed by atoms with E-state index in [1.165, 1.54) is 11.8 Å². The Morgan fingerprint density at radius 3 is 3.00 bits per heavy atom. The summed E-state index contributed by atoms with van der Waals surface area (Å²) in [5, 5.41) is 10.3. The standard InChI is InChI=1S/C17H15N3OS/c1-11(21)10-22-17-14(8-18)16(12-4-3-7-19-9-12)13-5-2-6-15(13)20-17/h3-4,7,9H,2,5-6,10H2,1H3. The lowest BCUT2D eigenvalue weighted by Crippen LogP contribution is -2.02. The molecule has 2 aromatic rings. The molecule has 0 saturated heterocycles. The Hall–Kier alpha value is -2.19. The maximum Gasteiger partial charge on any atom is 0.140 e. The molecule has 0 spiro atoms. The van der Waals surface area contributed by atoms with E-state index in [1.807, 2.05) is 12.1 Å². The van der Waals surface area contributed by atoms with Crippen LogP contribution in [0.15, 0.2) is 29.6 Å². The van der Waals surface area contributed by atoms with Crippen LogP contribution in [0.4, 0.5) is 0 Å². The van der Waals surface area contributed by atoms with Crippen molar-refractivity contribution in [3.8, 4) is 17.2 Å². The van der Waals surface area contributed by atoms with Crippen LogP contribution in [0.1, 0.15) is 30.2 Å². The second kappa shape index (κ2) is 6.29. The van der Waals surface area contributed by atoms with Crippen molar-refractivity contribution >= 4 is 17.5 Å². The van der Waals surface area contributed by atoms with Gasteiger partial charge in [-0.3, -0.25) is 9.78 Å². The van der Waals surface area contributed by atoms with Crippen LogP contribution in [0.2, 0.25) is 0 Å². The molecule has 1 aliphatic rings. The molecule has 0 radical (unpaired) electrons. The van der Waals surface area contributed by atoms with E-state index in [2.05, 4.69) is 16.0 Å². The number of pyridine rings is 2. The number of carbonyl (C=O) groups excluding carboxylic acids is 1. The number of nitrogens with zero attached hydrogens (tertiary/aromatic N) is 3. The molecule has 2 aromatic heterocycles. The number of hydrogen-bond acceptors (Lipinski definition) is 5. The molecule has 0 aromatic carbocycles. The van der Waals surface area contributed by atoms with Gasteiger partial charge < -0.3 is 0 Å². The van der Waals surface area contributed by atoms with Gasteiger partial charge in [-0.25, -0.2) is 4.98 Å². The summed E-state index contributed by atoms with van der Waals surface area (Å²) in [6.45, 7) is 1.55.